The van der Waals surface area contributed by atoms with E-state index in [0.29, 0.717) is 42.8 Å². The maximum Gasteiger partial charge on any atom is 0.260 e. The molecule has 7 heteroatoms. The molecule has 0 atom stereocenters. The maximum atomic E-state index is 12.6. The minimum Gasteiger partial charge on any atom is -0.368 e. The molecule has 1 amide bonds. The van der Waals surface area contributed by atoms with Gasteiger partial charge in [0.2, 0.25) is 5.91 Å². The van der Waals surface area contributed by atoms with Gasteiger partial charge in [-0.15, -0.1) is 0 Å². The Morgan fingerprint density at radius 2 is 1.86 bits per heavy atom. The van der Waals surface area contributed by atoms with Crippen molar-refractivity contribution in [3.8, 4) is 0 Å². The van der Waals surface area contributed by atoms with Gasteiger partial charge in [0.1, 0.15) is 5.82 Å². The summed E-state index contributed by atoms with van der Waals surface area (Å²) in [5, 5.41) is 0.460. The van der Waals surface area contributed by atoms with E-state index in [0.717, 1.165) is 18.8 Å². The molecule has 3 heterocycles. The van der Waals surface area contributed by atoms with Crippen molar-refractivity contribution in [2.45, 2.75) is 12.8 Å². The molecule has 7 nitrogen and oxygen atoms in total. The van der Waals surface area contributed by atoms with Gasteiger partial charge in [0, 0.05) is 50.9 Å². The van der Waals surface area contributed by atoms with E-state index in [9.17, 15) is 9.59 Å². The summed E-state index contributed by atoms with van der Waals surface area (Å²) in [6, 6.07) is 3.40. The van der Waals surface area contributed by atoms with Crippen molar-refractivity contribution in [2.75, 3.05) is 26.2 Å². The number of fused-ring (bicyclic) bond motifs is 1. The van der Waals surface area contributed by atoms with Crippen LogP contribution in [0.1, 0.15) is 12.2 Å². The Morgan fingerprint density at radius 1 is 1.07 bits per heavy atom. The van der Waals surface area contributed by atoms with E-state index in [4.69, 9.17) is 0 Å². The lowest BCUT2D eigenvalue weighted by Crippen LogP contribution is -2.48. The molecule has 1 aliphatic heterocycles. The summed E-state index contributed by atoms with van der Waals surface area (Å²) in [5.41, 5.74) is 1.35. The summed E-state index contributed by atoms with van der Waals surface area (Å²) in [7, 11) is 0. The summed E-state index contributed by atoms with van der Waals surface area (Å²) in [6.07, 6.45) is 16.6. The zero-order valence-corrected chi connectivity index (χ0v) is 16.1. The van der Waals surface area contributed by atoms with Crippen LogP contribution < -0.4 is 5.56 Å². The number of hydrogen-bond acceptors (Lipinski definition) is 5. The molecular formula is C22H23N5O2. The summed E-state index contributed by atoms with van der Waals surface area (Å²) >= 11 is 0. The van der Waals surface area contributed by atoms with Gasteiger partial charge in [0.05, 0.1) is 5.39 Å². The molecule has 148 valence electrons. The first-order valence-corrected chi connectivity index (χ1v) is 9.79. The van der Waals surface area contributed by atoms with Gasteiger partial charge in [-0.3, -0.25) is 9.59 Å². The Morgan fingerprint density at radius 3 is 2.72 bits per heavy atom. The first-order chi connectivity index (χ1) is 14.2. The average molecular weight is 389 g/mol. The van der Waals surface area contributed by atoms with Crippen molar-refractivity contribution in [2.24, 2.45) is 0 Å². The lowest BCUT2D eigenvalue weighted by molar-refractivity contribution is -0.132. The second-order valence-corrected chi connectivity index (χ2v) is 6.98. The Kier molecular flexibility index (Phi) is 5.65. The van der Waals surface area contributed by atoms with Crippen molar-refractivity contribution in [3.63, 3.8) is 0 Å². The van der Waals surface area contributed by atoms with Gasteiger partial charge in [-0.05, 0) is 24.3 Å². The molecule has 2 aliphatic rings. The van der Waals surface area contributed by atoms with E-state index in [1.807, 2.05) is 35.3 Å². The van der Waals surface area contributed by atoms with Gasteiger partial charge in [-0.25, -0.2) is 9.97 Å². The zero-order chi connectivity index (χ0) is 20.1. The second-order valence-electron chi connectivity index (χ2n) is 6.98. The number of pyridine rings is 1. The fourth-order valence-corrected chi connectivity index (χ4v) is 3.50. The Balaban J connectivity index is 1.33. The highest BCUT2D eigenvalue weighted by Gasteiger charge is 2.21. The monoisotopic (exact) mass is 389 g/mol. The number of carbonyl (C=O) groups is 1. The summed E-state index contributed by atoms with van der Waals surface area (Å²) in [4.78, 5) is 40.2. The SMILES string of the molecule is O=C(CCc1nc2ncccc2c(=O)[nH]1)N1CCN(C2=C/C=C\C=C/C=C\2)CC1. The van der Waals surface area contributed by atoms with Gasteiger partial charge in [0.25, 0.3) is 5.56 Å². The molecule has 2 aromatic rings. The third-order valence-electron chi connectivity index (χ3n) is 5.08. The number of rotatable bonds is 4. The largest absolute Gasteiger partial charge is 0.368 e. The molecule has 1 fully saturated rings. The standard InChI is InChI=1S/C22H23N5O2/c28-20(11-10-19-24-21-18(22(29)25-19)9-6-12-23-21)27-15-13-26(14-16-27)17-7-4-2-1-3-5-8-17/h1-9,12H,10-11,13-16H2,(H,23,24,25,29)/b2-1-,3-1?,4-2?,5-3-,7-4-,8-5?,17-7?,17-8+. The summed E-state index contributed by atoms with van der Waals surface area (Å²) in [5.74, 6) is 0.580. The highest BCUT2D eigenvalue weighted by molar-refractivity contribution is 5.77. The molecular weight excluding hydrogens is 366 g/mol. The van der Waals surface area contributed by atoms with Crippen LogP contribution in [0.4, 0.5) is 0 Å². The van der Waals surface area contributed by atoms with Gasteiger partial charge in [-0.2, -0.15) is 0 Å². The molecule has 2 aromatic heterocycles. The number of aromatic nitrogens is 3. The molecule has 1 saturated heterocycles. The number of nitrogens with zero attached hydrogens (tertiary/aromatic N) is 4. The molecule has 0 radical (unpaired) electrons. The van der Waals surface area contributed by atoms with Gasteiger partial charge in [-0.1, -0.05) is 30.4 Å². The molecule has 4 rings (SSSR count). The Hall–Kier alpha value is -3.48. The zero-order valence-electron chi connectivity index (χ0n) is 16.1. The first-order valence-electron chi connectivity index (χ1n) is 9.79. The minimum atomic E-state index is -0.219. The number of nitrogens with one attached hydrogen (secondary N) is 1. The van der Waals surface area contributed by atoms with Gasteiger partial charge >= 0.3 is 0 Å². The number of H-pyrrole nitrogens is 1. The van der Waals surface area contributed by atoms with Crippen LogP contribution in [0.3, 0.4) is 0 Å². The van der Waals surface area contributed by atoms with Crippen molar-refractivity contribution < 1.29 is 4.79 Å². The normalized spacial score (nSPS) is 21.7. The number of hydrogen-bond donors (Lipinski definition) is 1. The third kappa shape index (κ3) is 4.51. The summed E-state index contributed by atoms with van der Waals surface area (Å²) < 4.78 is 0. The van der Waals surface area contributed by atoms with E-state index >= 15 is 0 Å². The number of allylic oxidation sites excluding steroid dienone is 7. The fourth-order valence-electron chi connectivity index (χ4n) is 3.50. The predicted octanol–water partition coefficient (Wildman–Crippen LogP) is 1.96. The molecule has 0 spiro atoms. The lowest BCUT2D eigenvalue weighted by atomic mass is 10.2. The molecule has 1 N–H and O–H groups in total. The minimum absolute atomic E-state index is 0.0819. The van der Waals surface area contributed by atoms with Crippen LogP contribution in [-0.4, -0.2) is 56.8 Å². The van der Waals surface area contributed by atoms with E-state index < -0.39 is 0 Å². The quantitative estimate of drug-likeness (QED) is 0.864. The van der Waals surface area contributed by atoms with Crippen LogP contribution in [0.5, 0.6) is 0 Å². The van der Waals surface area contributed by atoms with Crippen LogP contribution in [-0.2, 0) is 11.2 Å². The van der Waals surface area contributed by atoms with Crippen LogP contribution in [0.15, 0.2) is 71.4 Å². The molecule has 1 aliphatic carbocycles. The fraction of sp³-hybridized carbons (Fsp3) is 0.273. The number of aryl methyl sites for hydroxylation is 1. The van der Waals surface area contributed by atoms with E-state index in [2.05, 4.69) is 32.0 Å². The van der Waals surface area contributed by atoms with Gasteiger partial charge in [0.15, 0.2) is 5.65 Å². The van der Waals surface area contributed by atoms with E-state index in [1.165, 1.54) is 0 Å². The van der Waals surface area contributed by atoms with Crippen molar-refractivity contribution >= 4 is 16.9 Å². The molecule has 0 aromatic carbocycles. The van der Waals surface area contributed by atoms with Gasteiger partial charge < -0.3 is 14.8 Å². The molecule has 29 heavy (non-hydrogen) atoms. The topological polar surface area (TPSA) is 82.2 Å². The van der Waals surface area contributed by atoms with E-state index in [-0.39, 0.29) is 11.5 Å². The molecule has 0 unspecified atom stereocenters. The number of piperazine rings is 1. The molecule has 0 saturated carbocycles. The number of amides is 1. The summed E-state index contributed by atoms with van der Waals surface area (Å²) in [6.45, 7) is 2.97. The van der Waals surface area contributed by atoms with Crippen LogP contribution in [0.2, 0.25) is 0 Å². The average Bonchev–Trinajstić information content (AvgIpc) is 2.72. The van der Waals surface area contributed by atoms with Crippen LogP contribution in [0.25, 0.3) is 11.0 Å². The number of aromatic amines is 1. The second kappa shape index (κ2) is 8.68. The number of carbonyl (C=O) groups excluding carboxylic acids is 1. The van der Waals surface area contributed by atoms with Crippen molar-refractivity contribution in [3.05, 3.63) is 82.7 Å². The predicted molar refractivity (Wildman–Crippen MR) is 112 cm³/mol. The highest BCUT2D eigenvalue weighted by Crippen LogP contribution is 2.14. The van der Waals surface area contributed by atoms with Crippen LogP contribution >= 0.6 is 0 Å². The maximum absolute atomic E-state index is 12.6. The smallest absolute Gasteiger partial charge is 0.260 e. The van der Waals surface area contributed by atoms with E-state index in [1.54, 1.807) is 18.3 Å². The van der Waals surface area contributed by atoms with Crippen molar-refractivity contribution in [1.82, 2.24) is 24.8 Å². The Bertz CT molecular complexity index is 1070. The third-order valence-corrected chi connectivity index (χ3v) is 5.08. The lowest BCUT2D eigenvalue weighted by Gasteiger charge is -2.36. The Labute approximate surface area is 168 Å². The first kappa shape index (κ1) is 18.9. The van der Waals surface area contributed by atoms with Crippen molar-refractivity contribution in [1.29, 1.82) is 0 Å². The van der Waals surface area contributed by atoms with Crippen LogP contribution in [0, 0.1) is 0 Å². The molecule has 0 bridgehead atoms. The highest BCUT2D eigenvalue weighted by atomic mass is 16.2.